The van der Waals surface area contributed by atoms with Crippen LogP contribution in [0, 0.1) is 0 Å². The predicted molar refractivity (Wildman–Crippen MR) is 86.3 cm³/mol. The van der Waals surface area contributed by atoms with E-state index < -0.39 is 0 Å². The Kier molecular flexibility index (Phi) is 4.29. The average molecular weight is 287 g/mol. The van der Waals surface area contributed by atoms with Crippen molar-refractivity contribution < 1.29 is 4.42 Å². The van der Waals surface area contributed by atoms with E-state index in [4.69, 9.17) is 10.2 Å². The van der Waals surface area contributed by atoms with Crippen molar-refractivity contribution in [3.8, 4) is 0 Å². The van der Waals surface area contributed by atoms with Crippen molar-refractivity contribution in [1.82, 2.24) is 9.80 Å². The molecule has 2 N–H and O–H groups in total. The van der Waals surface area contributed by atoms with Gasteiger partial charge in [0.2, 0.25) is 0 Å². The number of hydrogen-bond donors (Lipinski definition) is 1. The second kappa shape index (κ2) is 6.18. The van der Waals surface area contributed by atoms with Crippen molar-refractivity contribution >= 4 is 11.0 Å². The van der Waals surface area contributed by atoms with Gasteiger partial charge < -0.3 is 15.1 Å². The van der Waals surface area contributed by atoms with Crippen molar-refractivity contribution in [3.63, 3.8) is 0 Å². The number of nitrogens with two attached hydrogens (primary N) is 1. The Bertz CT molecular complexity index is 594. The highest BCUT2D eigenvalue weighted by Crippen LogP contribution is 2.31. The average Bonchev–Trinajstić information content (AvgIpc) is 2.82. The van der Waals surface area contributed by atoms with Crippen LogP contribution in [0.1, 0.15) is 24.9 Å². The van der Waals surface area contributed by atoms with Crippen LogP contribution in [0.25, 0.3) is 11.0 Å². The summed E-state index contributed by atoms with van der Waals surface area (Å²) >= 11 is 0. The van der Waals surface area contributed by atoms with Gasteiger partial charge in [0, 0.05) is 36.6 Å². The molecule has 0 saturated carbocycles. The van der Waals surface area contributed by atoms with Crippen molar-refractivity contribution in [3.05, 3.63) is 36.1 Å². The first-order chi connectivity index (χ1) is 10.2. The van der Waals surface area contributed by atoms with E-state index in [1.165, 1.54) is 17.4 Å². The summed E-state index contributed by atoms with van der Waals surface area (Å²) in [6.45, 7) is 6.26. The van der Waals surface area contributed by atoms with E-state index in [9.17, 15) is 0 Å². The molecule has 1 saturated heterocycles. The monoisotopic (exact) mass is 287 g/mol. The lowest BCUT2D eigenvalue weighted by Gasteiger charge is -2.34. The van der Waals surface area contributed by atoms with Gasteiger partial charge in [0.25, 0.3) is 0 Å². The maximum Gasteiger partial charge on any atom is 0.134 e. The standard InChI is InChI=1S/C17H25N3O/c1-13-11-19(2)8-5-9-20(13)16(10-18)15-12-21-17-7-4-3-6-14(15)17/h3-4,6-7,12-13,16H,5,8-11,18H2,1-2H3. The fraction of sp³-hybridized carbons (Fsp3) is 0.529. The van der Waals surface area contributed by atoms with Crippen molar-refractivity contribution in [2.45, 2.75) is 25.4 Å². The summed E-state index contributed by atoms with van der Waals surface area (Å²) in [7, 11) is 2.20. The molecule has 1 fully saturated rings. The van der Waals surface area contributed by atoms with Gasteiger partial charge in [0.05, 0.1) is 12.3 Å². The number of fused-ring (bicyclic) bond motifs is 1. The maximum atomic E-state index is 6.14. The molecule has 0 aliphatic carbocycles. The first kappa shape index (κ1) is 14.6. The third kappa shape index (κ3) is 2.84. The summed E-state index contributed by atoms with van der Waals surface area (Å²) in [5.41, 5.74) is 8.31. The van der Waals surface area contributed by atoms with Gasteiger partial charge in [0.15, 0.2) is 0 Å². The van der Waals surface area contributed by atoms with E-state index in [0.29, 0.717) is 12.6 Å². The van der Waals surface area contributed by atoms with E-state index in [0.717, 1.165) is 25.2 Å². The van der Waals surface area contributed by atoms with E-state index in [2.05, 4.69) is 35.9 Å². The van der Waals surface area contributed by atoms with Crippen LogP contribution in [0.2, 0.25) is 0 Å². The van der Waals surface area contributed by atoms with Gasteiger partial charge in [-0.2, -0.15) is 0 Å². The number of benzene rings is 1. The summed E-state index contributed by atoms with van der Waals surface area (Å²) in [6, 6.07) is 8.96. The van der Waals surface area contributed by atoms with Crippen LogP contribution in [-0.2, 0) is 0 Å². The quantitative estimate of drug-likeness (QED) is 0.942. The molecule has 0 spiro atoms. The molecule has 2 atom stereocenters. The number of hydrogen-bond acceptors (Lipinski definition) is 4. The Balaban J connectivity index is 1.93. The zero-order chi connectivity index (χ0) is 14.8. The topological polar surface area (TPSA) is 45.6 Å². The van der Waals surface area contributed by atoms with Crippen LogP contribution in [0.5, 0.6) is 0 Å². The Morgan fingerprint density at radius 2 is 2.14 bits per heavy atom. The molecule has 1 aromatic heterocycles. The van der Waals surface area contributed by atoms with E-state index in [1.807, 2.05) is 18.4 Å². The van der Waals surface area contributed by atoms with Crippen molar-refractivity contribution in [2.24, 2.45) is 5.73 Å². The van der Waals surface area contributed by atoms with Crippen LogP contribution in [0.15, 0.2) is 34.9 Å². The summed E-state index contributed by atoms with van der Waals surface area (Å²) in [5, 5.41) is 1.19. The molecule has 1 aromatic carbocycles. The van der Waals surface area contributed by atoms with Crippen LogP contribution in [0.3, 0.4) is 0 Å². The molecular formula is C17H25N3O. The molecule has 3 rings (SSSR count). The lowest BCUT2D eigenvalue weighted by molar-refractivity contribution is 0.146. The zero-order valence-corrected chi connectivity index (χ0v) is 13.0. The molecule has 4 nitrogen and oxygen atoms in total. The van der Waals surface area contributed by atoms with Gasteiger partial charge >= 0.3 is 0 Å². The molecule has 1 aliphatic heterocycles. The number of likely N-dealkylation sites (N-methyl/N-ethyl adjacent to an activating group) is 1. The SMILES string of the molecule is CC1CN(C)CCCN1C(CN)c1coc2ccccc12. The summed E-state index contributed by atoms with van der Waals surface area (Å²) in [6.07, 6.45) is 3.08. The molecule has 2 aromatic rings. The smallest absolute Gasteiger partial charge is 0.134 e. The van der Waals surface area contributed by atoms with Crippen molar-refractivity contribution in [2.75, 3.05) is 33.2 Å². The summed E-state index contributed by atoms with van der Waals surface area (Å²) in [5.74, 6) is 0. The van der Waals surface area contributed by atoms with Crippen LogP contribution >= 0.6 is 0 Å². The normalized spacial score (nSPS) is 23.3. The summed E-state index contributed by atoms with van der Waals surface area (Å²) in [4.78, 5) is 4.95. The Hall–Kier alpha value is -1.36. The summed E-state index contributed by atoms with van der Waals surface area (Å²) < 4.78 is 5.72. The molecule has 0 bridgehead atoms. The molecule has 1 aliphatic rings. The Morgan fingerprint density at radius 1 is 1.33 bits per heavy atom. The lowest BCUT2D eigenvalue weighted by atomic mass is 10.0. The van der Waals surface area contributed by atoms with Gasteiger partial charge in [-0.15, -0.1) is 0 Å². The zero-order valence-electron chi connectivity index (χ0n) is 13.0. The molecule has 0 radical (unpaired) electrons. The fourth-order valence-electron chi connectivity index (χ4n) is 3.55. The minimum atomic E-state index is 0.232. The third-order valence-corrected chi connectivity index (χ3v) is 4.59. The Labute approximate surface area is 126 Å². The fourth-order valence-corrected chi connectivity index (χ4v) is 3.55. The number of nitrogens with zero attached hydrogens (tertiary/aromatic N) is 2. The second-order valence-corrected chi connectivity index (χ2v) is 6.14. The van der Waals surface area contributed by atoms with E-state index >= 15 is 0 Å². The number of furan rings is 1. The van der Waals surface area contributed by atoms with Gasteiger partial charge in [-0.1, -0.05) is 18.2 Å². The van der Waals surface area contributed by atoms with Gasteiger partial charge in [0.1, 0.15) is 5.58 Å². The van der Waals surface area contributed by atoms with Crippen LogP contribution in [-0.4, -0.2) is 49.1 Å². The minimum Gasteiger partial charge on any atom is -0.464 e. The molecule has 2 unspecified atom stereocenters. The Morgan fingerprint density at radius 3 is 2.95 bits per heavy atom. The van der Waals surface area contributed by atoms with E-state index in [-0.39, 0.29) is 6.04 Å². The predicted octanol–water partition coefficient (Wildman–Crippen LogP) is 2.46. The molecular weight excluding hydrogens is 262 g/mol. The molecule has 2 heterocycles. The number of rotatable bonds is 3. The van der Waals surface area contributed by atoms with Crippen LogP contribution < -0.4 is 5.73 Å². The molecule has 21 heavy (non-hydrogen) atoms. The highest BCUT2D eigenvalue weighted by Gasteiger charge is 2.28. The van der Waals surface area contributed by atoms with Gasteiger partial charge in [-0.05, 0) is 33.0 Å². The maximum absolute atomic E-state index is 6.14. The molecule has 4 heteroatoms. The molecule has 0 amide bonds. The van der Waals surface area contributed by atoms with Gasteiger partial charge in [-0.3, -0.25) is 4.90 Å². The second-order valence-electron chi connectivity index (χ2n) is 6.14. The minimum absolute atomic E-state index is 0.232. The largest absolute Gasteiger partial charge is 0.464 e. The lowest BCUT2D eigenvalue weighted by Crippen LogP contribution is -2.42. The number of para-hydroxylation sites is 1. The third-order valence-electron chi connectivity index (χ3n) is 4.59. The van der Waals surface area contributed by atoms with Crippen molar-refractivity contribution in [1.29, 1.82) is 0 Å². The first-order valence-electron chi connectivity index (χ1n) is 7.81. The van der Waals surface area contributed by atoms with E-state index in [1.54, 1.807) is 0 Å². The van der Waals surface area contributed by atoms with Crippen LogP contribution in [0.4, 0.5) is 0 Å². The van der Waals surface area contributed by atoms with Gasteiger partial charge in [-0.25, -0.2) is 0 Å². The first-order valence-corrected chi connectivity index (χ1v) is 7.81. The highest BCUT2D eigenvalue weighted by atomic mass is 16.3. The molecule has 114 valence electrons. The highest BCUT2D eigenvalue weighted by molar-refractivity contribution is 5.81.